The first-order chi connectivity index (χ1) is 13.3. The topological polar surface area (TPSA) is 0 Å². The molecule has 0 nitrogen and oxygen atoms in total. The molecule has 1 aliphatic rings. The van der Waals surface area contributed by atoms with E-state index in [1.54, 1.807) is 0 Å². The SMILES string of the molecule is Clc1ccccc1-c1c2c3c(cccc3c3ccccc13)-c1ccccc1-2. The Balaban J connectivity index is 1.95. The van der Waals surface area contributed by atoms with Crippen LogP contribution in [0.1, 0.15) is 0 Å². The van der Waals surface area contributed by atoms with E-state index in [4.69, 9.17) is 11.6 Å². The van der Waals surface area contributed by atoms with E-state index in [1.165, 1.54) is 49.4 Å². The van der Waals surface area contributed by atoms with Crippen LogP contribution < -0.4 is 0 Å². The molecule has 6 rings (SSSR count). The molecule has 126 valence electrons. The summed E-state index contributed by atoms with van der Waals surface area (Å²) in [5.41, 5.74) is 7.56. The predicted octanol–water partition coefficient (Wildman–Crippen LogP) is 7.96. The molecule has 0 unspecified atom stereocenters. The van der Waals surface area contributed by atoms with Crippen molar-refractivity contribution in [2.75, 3.05) is 0 Å². The molecule has 5 aromatic carbocycles. The van der Waals surface area contributed by atoms with Gasteiger partial charge in [-0.1, -0.05) is 96.5 Å². The van der Waals surface area contributed by atoms with E-state index in [0.717, 1.165) is 10.6 Å². The molecule has 0 aromatic heterocycles. The first-order valence-electron chi connectivity index (χ1n) is 9.17. The van der Waals surface area contributed by atoms with Gasteiger partial charge in [-0.3, -0.25) is 0 Å². The van der Waals surface area contributed by atoms with E-state index >= 15 is 0 Å². The Kier molecular flexibility index (Phi) is 3.03. The molecule has 0 fully saturated rings. The number of fused-ring (bicyclic) bond motifs is 5. The standard InChI is InChI=1S/C26H15Cl/c27-23-15-6-5-12-22(23)25-18-10-3-1-8-16(18)19-13-7-14-20-17-9-2-4-11-21(17)26(25)24(19)20/h1-15H. The van der Waals surface area contributed by atoms with Gasteiger partial charge in [0.15, 0.2) is 0 Å². The molecule has 27 heavy (non-hydrogen) atoms. The highest BCUT2D eigenvalue weighted by Gasteiger charge is 2.27. The van der Waals surface area contributed by atoms with Gasteiger partial charge in [-0.05, 0) is 55.4 Å². The molecule has 5 aromatic rings. The van der Waals surface area contributed by atoms with Gasteiger partial charge in [0.1, 0.15) is 0 Å². The lowest BCUT2D eigenvalue weighted by molar-refractivity contribution is 1.65. The minimum absolute atomic E-state index is 0.792. The molecule has 0 amide bonds. The average molecular weight is 363 g/mol. The molecule has 1 heteroatoms. The average Bonchev–Trinajstić information content (AvgIpc) is 3.05. The Bertz CT molecular complexity index is 1380. The van der Waals surface area contributed by atoms with Crippen molar-refractivity contribution < 1.29 is 0 Å². The van der Waals surface area contributed by atoms with E-state index < -0.39 is 0 Å². The molecule has 0 spiro atoms. The summed E-state index contributed by atoms with van der Waals surface area (Å²) < 4.78 is 0. The molecule has 0 atom stereocenters. The minimum atomic E-state index is 0.792. The Morgan fingerprint density at radius 3 is 1.81 bits per heavy atom. The van der Waals surface area contributed by atoms with Gasteiger partial charge >= 0.3 is 0 Å². The smallest absolute Gasteiger partial charge is 0.0484 e. The van der Waals surface area contributed by atoms with Gasteiger partial charge in [0.05, 0.1) is 0 Å². The molecule has 0 aliphatic heterocycles. The summed E-state index contributed by atoms with van der Waals surface area (Å²) in [4.78, 5) is 0. The van der Waals surface area contributed by atoms with Crippen LogP contribution in [0.15, 0.2) is 91.0 Å². The van der Waals surface area contributed by atoms with E-state index in [9.17, 15) is 0 Å². The third-order valence-electron chi connectivity index (χ3n) is 5.68. The van der Waals surface area contributed by atoms with Crippen molar-refractivity contribution in [1.29, 1.82) is 0 Å². The monoisotopic (exact) mass is 362 g/mol. The molecule has 0 saturated carbocycles. The van der Waals surface area contributed by atoms with Gasteiger partial charge in [-0.25, -0.2) is 0 Å². The van der Waals surface area contributed by atoms with Crippen LogP contribution in [-0.2, 0) is 0 Å². The predicted molar refractivity (Wildman–Crippen MR) is 116 cm³/mol. The lowest BCUT2D eigenvalue weighted by atomic mass is 9.87. The lowest BCUT2D eigenvalue weighted by Crippen LogP contribution is -1.89. The van der Waals surface area contributed by atoms with Crippen LogP contribution in [-0.4, -0.2) is 0 Å². The molecule has 0 saturated heterocycles. The number of hydrogen-bond donors (Lipinski definition) is 0. The Hall–Kier alpha value is -3.09. The van der Waals surface area contributed by atoms with E-state index in [2.05, 4.69) is 78.9 Å². The third kappa shape index (κ3) is 1.94. The fraction of sp³-hybridized carbons (Fsp3) is 0. The Morgan fingerprint density at radius 1 is 0.407 bits per heavy atom. The van der Waals surface area contributed by atoms with Crippen LogP contribution in [0.25, 0.3) is 54.9 Å². The quantitative estimate of drug-likeness (QED) is 0.260. The molecule has 0 bridgehead atoms. The first-order valence-corrected chi connectivity index (χ1v) is 9.54. The third-order valence-corrected chi connectivity index (χ3v) is 6.01. The largest absolute Gasteiger partial charge is 0.0837 e. The maximum Gasteiger partial charge on any atom is 0.0484 e. The van der Waals surface area contributed by atoms with Crippen LogP contribution in [0.3, 0.4) is 0 Å². The second-order valence-corrected chi connectivity index (χ2v) is 7.46. The highest BCUT2D eigenvalue weighted by Crippen LogP contribution is 2.54. The molecule has 1 aliphatic carbocycles. The van der Waals surface area contributed by atoms with Crippen LogP contribution >= 0.6 is 11.6 Å². The van der Waals surface area contributed by atoms with Gasteiger partial charge in [0.2, 0.25) is 0 Å². The van der Waals surface area contributed by atoms with Crippen molar-refractivity contribution in [2.45, 2.75) is 0 Å². The summed E-state index contributed by atoms with van der Waals surface area (Å²) in [6.07, 6.45) is 0. The number of rotatable bonds is 1. The lowest BCUT2D eigenvalue weighted by Gasteiger charge is -2.16. The van der Waals surface area contributed by atoms with Gasteiger partial charge in [-0.2, -0.15) is 0 Å². The highest BCUT2D eigenvalue weighted by molar-refractivity contribution is 6.36. The molecule has 0 radical (unpaired) electrons. The summed E-state index contributed by atoms with van der Waals surface area (Å²) in [6.45, 7) is 0. The van der Waals surface area contributed by atoms with Crippen LogP contribution in [0, 0.1) is 0 Å². The molecule has 0 N–H and O–H groups in total. The second-order valence-electron chi connectivity index (χ2n) is 7.05. The van der Waals surface area contributed by atoms with Gasteiger partial charge in [0.25, 0.3) is 0 Å². The Labute approximate surface area is 162 Å². The van der Waals surface area contributed by atoms with Crippen molar-refractivity contribution in [1.82, 2.24) is 0 Å². The Morgan fingerprint density at radius 2 is 1.00 bits per heavy atom. The van der Waals surface area contributed by atoms with Gasteiger partial charge in [0, 0.05) is 10.6 Å². The summed E-state index contributed by atoms with van der Waals surface area (Å²) in [5.74, 6) is 0. The van der Waals surface area contributed by atoms with E-state index in [1.807, 2.05) is 12.1 Å². The molecular weight excluding hydrogens is 348 g/mol. The molecular formula is C26H15Cl. The second kappa shape index (κ2) is 5.45. The van der Waals surface area contributed by atoms with Crippen molar-refractivity contribution in [3.8, 4) is 33.4 Å². The zero-order chi connectivity index (χ0) is 18.0. The van der Waals surface area contributed by atoms with Crippen molar-refractivity contribution in [3.05, 3.63) is 96.0 Å². The van der Waals surface area contributed by atoms with Gasteiger partial charge < -0.3 is 0 Å². The summed E-state index contributed by atoms with van der Waals surface area (Å²) in [5, 5.41) is 5.97. The first kappa shape index (κ1) is 15.0. The highest BCUT2D eigenvalue weighted by atomic mass is 35.5. The maximum absolute atomic E-state index is 6.68. The van der Waals surface area contributed by atoms with Crippen molar-refractivity contribution >= 4 is 33.1 Å². The fourth-order valence-corrected chi connectivity index (χ4v) is 4.85. The van der Waals surface area contributed by atoms with E-state index in [0.29, 0.717) is 0 Å². The number of halogens is 1. The van der Waals surface area contributed by atoms with Crippen LogP contribution in [0.4, 0.5) is 0 Å². The van der Waals surface area contributed by atoms with Crippen LogP contribution in [0.2, 0.25) is 5.02 Å². The summed E-state index contributed by atoms with van der Waals surface area (Å²) in [6, 6.07) is 32.2. The maximum atomic E-state index is 6.68. The summed E-state index contributed by atoms with van der Waals surface area (Å²) in [7, 11) is 0. The van der Waals surface area contributed by atoms with Crippen molar-refractivity contribution in [2.24, 2.45) is 0 Å². The van der Waals surface area contributed by atoms with E-state index in [-0.39, 0.29) is 0 Å². The van der Waals surface area contributed by atoms with Crippen molar-refractivity contribution in [3.63, 3.8) is 0 Å². The molecule has 0 heterocycles. The van der Waals surface area contributed by atoms with Crippen LogP contribution in [0.5, 0.6) is 0 Å². The zero-order valence-electron chi connectivity index (χ0n) is 14.5. The van der Waals surface area contributed by atoms with Gasteiger partial charge in [-0.15, -0.1) is 0 Å². The fourth-order valence-electron chi connectivity index (χ4n) is 4.62. The normalized spacial score (nSPS) is 11.9. The number of benzene rings is 5. The number of hydrogen-bond acceptors (Lipinski definition) is 0. The summed E-state index contributed by atoms with van der Waals surface area (Å²) >= 11 is 6.68. The minimum Gasteiger partial charge on any atom is -0.0837 e. The zero-order valence-corrected chi connectivity index (χ0v) is 15.3.